The second kappa shape index (κ2) is 5.20. The van der Waals surface area contributed by atoms with E-state index in [4.69, 9.17) is 11.6 Å². The molecule has 1 aromatic rings. The highest BCUT2D eigenvalue weighted by molar-refractivity contribution is 6.30. The molecule has 0 amide bonds. The molecule has 0 aromatic heterocycles. The third-order valence-corrected chi connectivity index (χ3v) is 4.39. The first-order chi connectivity index (χ1) is 8.72. The summed E-state index contributed by atoms with van der Waals surface area (Å²) >= 11 is 5.92. The molecule has 98 valence electrons. The lowest BCUT2D eigenvalue weighted by atomic mass is 10.1. The Morgan fingerprint density at radius 2 is 1.94 bits per heavy atom. The van der Waals surface area contributed by atoms with Crippen LogP contribution >= 0.6 is 11.6 Å². The Bertz CT molecular complexity index is 399. The van der Waals surface area contributed by atoms with Gasteiger partial charge in [-0.25, -0.2) is 0 Å². The fraction of sp³-hybridized carbons (Fsp3) is 0.600. The van der Waals surface area contributed by atoms with Crippen LogP contribution in [0.25, 0.3) is 0 Å². The van der Waals surface area contributed by atoms with E-state index in [9.17, 15) is 0 Å². The number of benzene rings is 1. The van der Waals surface area contributed by atoms with Crippen molar-refractivity contribution >= 4 is 11.6 Å². The third kappa shape index (κ3) is 2.87. The zero-order valence-corrected chi connectivity index (χ0v) is 11.7. The molecule has 0 radical (unpaired) electrons. The lowest BCUT2D eigenvalue weighted by molar-refractivity contribution is 0.313. The number of hydrogen-bond donors (Lipinski definition) is 1. The molecule has 0 bridgehead atoms. The fourth-order valence-electron chi connectivity index (χ4n) is 2.90. The van der Waals surface area contributed by atoms with Crippen molar-refractivity contribution in [3.63, 3.8) is 0 Å². The lowest BCUT2D eigenvalue weighted by Gasteiger charge is -2.20. The Balaban J connectivity index is 1.54. The minimum absolute atomic E-state index is 0.409. The van der Waals surface area contributed by atoms with E-state index in [0.717, 1.165) is 11.1 Å². The Morgan fingerprint density at radius 3 is 2.61 bits per heavy atom. The molecule has 2 aliphatic rings. The maximum Gasteiger partial charge on any atom is 0.0406 e. The summed E-state index contributed by atoms with van der Waals surface area (Å²) in [5.74, 6) is 0. The predicted molar refractivity (Wildman–Crippen MR) is 76.0 cm³/mol. The van der Waals surface area contributed by atoms with Gasteiger partial charge < -0.3 is 5.32 Å². The average Bonchev–Trinajstić information content (AvgIpc) is 3.11. The summed E-state index contributed by atoms with van der Waals surface area (Å²) in [6, 6.07) is 10.1. The van der Waals surface area contributed by atoms with Crippen LogP contribution in [0.5, 0.6) is 0 Å². The number of hydrogen-bond acceptors (Lipinski definition) is 2. The van der Waals surface area contributed by atoms with Gasteiger partial charge in [0.25, 0.3) is 0 Å². The van der Waals surface area contributed by atoms with Gasteiger partial charge in [0.2, 0.25) is 0 Å². The first kappa shape index (κ1) is 12.5. The highest BCUT2D eigenvalue weighted by Crippen LogP contribution is 2.30. The summed E-state index contributed by atoms with van der Waals surface area (Å²) in [6.45, 7) is 4.74. The second-order valence-electron chi connectivity index (χ2n) is 5.65. The molecule has 1 aromatic carbocycles. The minimum atomic E-state index is 0.409. The topological polar surface area (TPSA) is 15.3 Å². The normalized spacial score (nSPS) is 26.4. The monoisotopic (exact) mass is 264 g/mol. The molecule has 2 nitrogen and oxygen atoms in total. The predicted octanol–water partition coefficient (Wildman–Crippen LogP) is 3.23. The van der Waals surface area contributed by atoms with Gasteiger partial charge in [-0.2, -0.15) is 0 Å². The maximum absolute atomic E-state index is 5.92. The zero-order valence-electron chi connectivity index (χ0n) is 10.9. The van der Waals surface area contributed by atoms with Gasteiger partial charge in [0.1, 0.15) is 0 Å². The molecule has 1 saturated heterocycles. The zero-order chi connectivity index (χ0) is 12.5. The Hall–Kier alpha value is -0.570. The molecule has 1 saturated carbocycles. The number of nitrogens with one attached hydrogen (secondary N) is 1. The molecule has 0 spiro atoms. The van der Waals surface area contributed by atoms with Crippen LogP contribution in [-0.4, -0.2) is 30.1 Å². The van der Waals surface area contributed by atoms with Gasteiger partial charge in [-0.1, -0.05) is 23.7 Å². The van der Waals surface area contributed by atoms with E-state index in [2.05, 4.69) is 29.3 Å². The number of rotatable bonds is 4. The largest absolute Gasteiger partial charge is 0.306 e. The highest BCUT2D eigenvalue weighted by Gasteiger charge is 2.34. The van der Waals surface area contributed by atoms with Gasteiger partial charge in [-0.3, -0.25) is 4.90 Å². The standard InChI is InChI=1S/C15H21ClN2/c1-11(12-2-4-13(16)5-3-12)17-14-8-9-18(10-14)15-6-7-15/h2-5,11,14-15,17H,6-10H2,1H3/t11-,14?/m1/s1. The van der Waals surface area contributed by atoms with E-state index in [1.165, 1.54) is 37.9 Å². The summed E-state index contributed by atoms with van der Waals surface area (Å²) in [5.41, 5.74) is 1.32. The van der Waals surface area contributed by atoms with Gasteiger partial charge in [0.05, 0.1) is 0 Å². The Morgan fingerprint density at radius 1 is 1.22 bits per heavy atom. The van der Waals surface area contributed by atoms with Crippen LogP contribution < -0.4 is 5.32 Å². The van der Waals surface area contributed by atoms with E-state index in [0.29, 0.717) is 12.1 Å². The average molecular weight is 265 g/mol. The van der Waals surface area contributed by atoms with Crippen LogP contribution in [0.2, 0.25) is 5.02 Å². The van der Waals surface area contributed by atoms with Crippen molar-refractivity contribution in [2.45, 2.75) is 44.3 Å². The number of nitrogens with zero attached hydrogens (tertiary/aromatic N) is 1. The third-order valence-electron chi connectivity index (χ3n) is 4.14. The summed E-state index contributed by atoms with van der Waals surface area (Å²) in [5, 5.41) is 4.55. The highest BCUT2D eigenvalue weighted by atomic mass is 35.5. The number of halogens is 1. The SMILES string of the molecule is C[C@@H](NC1CCN(C2CC2)C1)c1ccc(Cl)cc1. The summed E-state index contributed by atoms with van der Waals surface area (Å²) in [4.78, 5) is 2.65. The van der Waals surface area contributed by atoms with Crippen molar-refractivity contribution in [3.05, 3.63) is 34.9 Å². The van der Waals surface area contributed by atoms with Gasteiger partial charge in [0.15, 0.2) is 0 Å². The lowest BCUT2D eigenvalue weighted by Crippen LogP contribution is -2.34. The van der Waals surface area contributed by atoms with Crippen molar-refractivity contribution in [1.82, 2.24) is 10.2 Å². The molecule has 3 heteroatoms. The van der Waals surface area contributed by atoms with Crippen LogP contribution in [0.3, 0.4) is 0 Å². The summed E-state index contributed by atoms with van der Waals surface area (Å²) in [6.07, 6.45) is 4.12. The van der Waals surface area contributed by atoms with Gasteiger partial charge >= 0.3 is 0 Å². The molecule has 1 N–H and O–H groups in total. The van der Waals surface area contributed by atoms with Crippen LogP contribution in [0.1, 0.15) is 37.8 Å². The summed E-state index contributed by atoms with van der Waals surface area (Å²) < 4.78 is 0. The first-order valence-electron chi connectivity index (χ1n) is 6.98. The van der Waals surface area contributed by atoms with Crippen molar-refractivity contribution < 1.29 is 0 Å². The van der Waals surface area contributed by atoms with E-state index in [1.54, 1.807) is 0 Å². The molecule has 18 heavy (non-hydrogen) atoms. The molecule has 2 atom stereocenters. The van der Waals surface area contributed by atoms with Crippen molar-refractivity contribution in [3.8, 4) is 0 Å². The van der Waals surface area contributed by atoms with Crippen molar-refractivity contribution in [1.29, 1.82) is 0 Å². The minimum Gasteiger partial charge on any atom is -0.306 e. The molecular formula is C15H21ClN2. The van der Waals surface area contributed by atoms with E-state index in [1.807, 2.05) is 12.1 Å². The summed E-state index contributed by atoms with van der Waals surface area (Å²) in [7, 11) is 0. The van der Waals surface area contributed by atoms with Gasteiger partial charge in [-0.15, -0.1) is 0 Å². The molecule has 1 heterocycles. The van der Waals surface area contributed by atoms with Crippen molar-refractivity contribution in [2.24, 2.45) is 0 Å². The molecule has 1 aliphatic heterocycles. The number of likely N-dealkylation sites (tertiary alicyclic amines) is 1. The molecule has 1 aliphatic carbocycles. The second-order valence-corrected chi connectivity index (χ2v) is 6.09. The fourth-order valence-corrected chi connectivity index (χ4v) is 3.02. The molecule has 2 fully saturated rings. The molecule has 3 rings (SSSR count). The van der Waals surface area contributed by atoms with Crippen LogP contribution in [0, 0.1) is 0 Å². The molecular weight excluding hydrogens is 244 g/mol. The Labute approximate surface area is 114 Å². The molecule has 1 unspecified atom stereocenters. The van der Waals surface area contributed by atoms with Gasteiger partial charge in [0, 0.05) is 36.2 Å². The quantitative estimate of drug-likeness (QED) is 0.898. The van der Waals surface area contributed by atoms with Gasteiger partial charge in [-0.05, 0) is 43.9 Å². The van der Waals surface area contributed by atoms with Crippen LogP contribution in [-0.2, 0) is 0 Å². The van der Waals surface area contributed by atoms with Crippen molar-refractivity contribution in [2.75, 3.05) is 13.1 Å². The Kier molecular flexibility index (Phi) is 3.60. The van der Waals surface area contributed by atoms with Crippen LogP contribution in [0.15, 0.2) is 24.3 Å². The maximum atomic E-state index is 5.92. The van der Waals surface area contributed by atoms with Crippen LogP contribution in [0.4, 0.5) is 0 Å². The van der Waals surface area contributed by atoms with E-state index >= 15 is 0 Å². The van der Waals surface area contributed by atoms with E-state index in [-0.39, 0.29) is 0 Å². The van der Waals surface area contributed by atoms with E-state index < -0.39 is 0 Å². The first-order valence-corrected chi connectivity index (χ1v) is 7.36. The smallest absolute Gasteiger partial charge is 0.0406 e.